The van der Waals surface area contributed by atoms with Gasteiger partial charge in [-0.05, 0) is 71.9 Å². The van der Waals surface area contributed by atoms with Crippen LogP contribution in [0.25, 0.3) is 0 Å². The topological polar surface area (TPSA) is 40.5 Å². The normalized spacial score (nSPS) is 19.3. The van der Waals surface area contributed by atoms with E-state index in [1.807, 2.05) is 12.1 Å². The van der Waals surface area contributed by atoms with Gasteiger partial charge in [-0.2, -0.15) is 0 Å². The third kappa shape index (κ3) is 4.31. The SMILES string of the molecule is Oc1ccc(C2CCCCC2)cc1Cc1cc(C2CCCCC2)ccc1O. The second-order valence-electron chi connectivity index (χ2n) is 8.62. The Morgan fingerprint density at radius 2 is 1.00 bits per heavy atom. The van der Waals surface area contributed by atoms with Crippen LogP contribution in [0, 0.1) is 0 Å². The zero-order valence-corrected chi connectivity index (χ0v) is 16.3. The molecule has 0 unspecified atom stereocenters. The van der Waals surface area contributed by atoms with Gasteiger partial charge < -0.3 is 10.2 Å². The Kier molecular flexibility index (Phi) is 5.71. The number of benzene rings is 2. The maximum atomic E-state index is 10.4. The highest BCUT2D eigenvalue weighted by molar-refractivity contribution is 5.45. The summed E-state index contributed by atoms with van der Waals surface area (Å²) in [6.07, 6.45) is 13.6. The summed E-state index contributed by atoms with van der Waals surface area (Å²) < 4.78 is 0. The minimum absolute atomic E-state index is 0.344. The molecule has 0 bridgehead atoms. The van der Waals surface area contributed by atoms with E-state index in [-0.39, 0.29) is 0 Å². The molecular weight excluding hydrogens is 332 g/mol. The van der Waals surface area contributed by atoms with Gasteiger partial charge in [0, 0.05) is 6.42 Å². The average molecular weight is 365 g/mol. The average Bonchev–Trinajstić information content (AvgIpc) is 2.72. The molecule has 144 valence electrons. The molecule has 0 atom stereocenters. The van der Waals surface area contributed by atoms with E-state index in [9.17, 15) is 10.2 Å². The van der Waals surface area contributed by atoms with E-state index >= 15 is 0 Å². The molecule has 2 saturated carbocycles. The maximum Gasteiger partial charge on any atom is 0.119 e. The van der Waals surface area contributed by atoms with Crippen molar-refractivity contribution >= 4 is 0 Å². The molecule has 0 spiro atoms. The quantitative estimate of drug-likeness (QED) is 0.627. The summed E-state index contributed by atoms with van der Waals surface area (Å²) in [6, 6.07) is 12.2. The lowest BCUT2D eigenvalue weighted by molar-refractivity contribution is 0.439. The van der Waals surface area contributed by atoms with Crippen molar-refractivity contribution < 1.29 is 10.2 Å². The minimum atomic E-state index is 0.344. The first kappa shape index (κ1) is 18.4. The summed E-state index contributed by atoms with van der Waals surface area (Å²) in [5.74, 6) is 1.94. The van der Waals surface area contributed by atoms with Gasteiger partial charge in [0.05, 0.1) is 0 Å². The van der Waals surface area contributed by atoms with Gasteiger partial charge in [0.15, 0.2) is 0 Å². The predicted octanol–water partition coefficient (Wildman–Crippen LogP) is 6.78. The van der Waals surface area contributed by atoms with E-state index < -0.39 is 0 Å². The van der Waals surface area contributed by atoms with E-state index in [4.69, 9.17) is 0 Å². The van der Waals surface area contributed by atoms with Gasteiger partial charge in [0.25, 0.3) is 0 Å². The van der Waals surface area contributed by atoms with Crippen molar-refractivity contribution in [3.8, 4) is 11.5 Å². The summed E-state index contributed by atoms with van der Waals surface area (Å²) in [7, 11) is 0. The highest BCUT2D eigenvalue weighted by Crippen LogP contribution is 2.37. The summed E-state index contributed by atoms with van der Waals surface area (Å²) in [4.78, 5) is 0. The van der Waals surface area contributed by atoms with E-state index in [1.54, 1.807) is 0 Å². The van der Waals surface area contributed by atoms with Gasteiger partial charge in [-0.3, -0.25) is 0 Å². The van der Waals surface area contributed by atoms with Crippen LogP contribution in [0.5, 0.6) is 11.5 Å². The van der Waals surface area contributed by atoms with Gasteiger partial charge >= 0.3 is 0 Å². The molecule has 2 aromatic rings. The fourth-order valence-corrected chi connectivity index (χ4v) is 5.08. The first-order valence-corrected chi connectivity index (χ1v) is 10.8. The van der Waals surface area contributed by atoms with Gasteiger partial charge in [-0.25, -0.2) is 0 Å². The minimum Gasteiger partial charge on any atom is -0.508 e. The Morgan fingerprint density at radius 1 is 0.593 bits per heavy atom. The van der Waals surface area contributed by atoms with Crippen molar-refractivity contribution in [1.29, 1.82) is 0 Å². The molecule has 2 N–H and O–H groups in total. The number of hydrogen-bond donors (Lipinski definition) is 2. The zero-order chi connectivity index (χ0) is 18.6. The highest BCUT2D eigenvalue weighted by Gasteiger charge is 2.19. The molecule has 0 heterocycles. The number of phenolic OH excluding ortho intramolecular Hbond substituents is 2. The standard InChI is InChI=1S/C25H32O2/c26-24-13-11-20(18-7-3-1-4-8-18)15-22(24)17-23-16-21(12-14-25(23)27)19-9-5-2-6-10-19/h11-16,18-19,26-27H,1-10,17H2. The largest absolute Gasteiger partial charge is 0.508 e. The fraction of sp³-hybridized carbons (Fsp3) is 0.520. The van der Waals surface area contributed by atoms with Crippen molar-refractivity contribution in [3.63, 3.8) is 0 Å². The van der Waals surface area contributed by atoms with Crippen LogP contribution in [-0.2, 0) is 6.42 Å². The molecule has 0 saturated heterocycles. The Morgan fingerprint density at radius 3 is 1.41 bits per heavy atom. The molecule has 4 rings (SSSR count). The summed E-state index contributed by atoms with van der Waals surface area (Å²) in [5.41, 5.74) is 4.58. The Balaban J connectivity index is 1.57. The molecule has 0 amide bonds. The van der Waals surface area contributed by atoms with Gasteiger partial charge in [0.2, 0.25) is 0 Å². The first-order chi connectivity index (χ1) is 13.2. The van der Waals surface area contributed by atoms with Gasteiger partial charge in [-0.15, -0.1) is 0 Å². The number of phenols is 2. The predicted molar refractivity (Wildman–Crippen MR) is 111 cm³/mol. The first-order valence-electron chi connectivity index (χ1n) is 10.8. The third-order valence-electron chi connectivity index (χ3n) is 6.74. The van der Waals surface area contributed by atoms with E-state index in [0.29, 0.717) is 29.8 Å². The second kappa shape index (κ2) is 8.37. The van der Waals surface area contributed by atoms with E-state index in [2.05, 4.69) is 24.3 Å². The maximum absolute atomic E-state index is 10.4. The zero-order valence-electron chi connectivity index (χ0n) is 16.3. The van der Waals surface area contributed by atoms with Crippen LogP contribution >= 0.6 is 0 Å². The molecular formula is C25H32O2. The van der Waals surface area contributed by atoms with Crippen LogP contribution < -0.4 is 0 Å². The lowest BCUT2D eigenvalue weighted by Crippen LogP contribution is -2.06. The van der Waals surface area contributed by atoms with Crippen molar-refractivity contribution in [2.75, 3.05) is 0 Å². The van der Waals surface area contributed by atoms with Crippen LogP contribution in [0.4, 0.5) is 0 Å². The molecule has 0 aliphatic heterocycles. The molecule has 2 aromatic carbocycles. The van der Waals surface area contributed by atoms with E-state index in [0.717, 1.165) is 11.1 Å². The fourth-order valence-electron chi connectivity index (χ4n) is 5.08. The number of rotatable bonds is 4. The molecule has 27 heavy (non-hydrogen) atoms. The Labute approximate surface area is 163 Å². The Bertz CT molecular complexity index is 702. The molecule has 2 fully saturated rings. The molecule has 2 nitrogen and oxygen atoms in total. The molecule has 0 radical (unpaired) electrons. The number of hydrogen-bond acceptors (Lipinski definition) is 2. The monoisotopic (exact) mass is 364 g/mol. The van der Waals surface area contributed by atoms with Crippen LogP contribution in [-0.4, -0.2) is 10.2 Å². The lowest BCUT2D eigenvalue weighted by Gasteiger charge is -2.23. The van der Waals surface area contributed by atoms with Crippen LogP contribution in [0.1, 0.15) is 98.3 Å². The van der Waals surface area contributed by atoms with Crippen molar-refractivity contribution in [1.82, 2.24) is 0 Å². The molecule has 2 aliphatic rings. The smallest absolute Gasteiger partial charge is 0.119 e. The molecule has 2 aliphatic carbocycles. The third-order valence-corrected chi connectivity index (χ3v) is 6.74. The van der Waals surface area contributed by atoms with Crippen LogP contribution in [0.3, 0.4) is 0 Å². The van der Waals surface area contributed by atoms with Crippen molar-refractivity contribution in [2.24, 2.45) is 0 Å². The van der Waals surface area contributed by atoms with Crippen LogP contribution in [0.15, 0.2) is 36.4 Å². The van der Waals surface area contributed by atoms with Gasteiger partial charge in [-0.1, -0.05) is 62.8 Å². The second-order valence-corrected chi connectivity index (χ2v) is 8.62. The van der Waals surface area contributed by atoms with Gasteiger partial charge in [0.1, 0.15) is 11.5 Å². The van der Waals surface area contributed by atoms with Crippen molar-refractivity contribution in [3.05, 3.63) is 58.7 Å². The Hall–Kier alpha value is -1.96. The molecule has 0 aromatic heterocycles. The number of aromatic hydroxyl groups is 2. The van der Waals surface area contributed by atoms with E-state index in [1.165, 1.54) is 75.3 Å². The summed E-state index contributed by atoms with van der Waals surface area (Å²) in [6.45, 7) is 0. The molecule has 2 heteroatoms. The highest BCUT2D eigenvalue weighted by atomic mass is 16.3. The summed E-state index contributed by atoms with van der Waals surface area (Å²) in [5, 5.41) is 20.8. The van der Waals surface area contributed by atoms with Crippen molar-refractivity contribution in [2.45, 2.75) is 82.5 Å². The summed E-state index contributed by atoms with van der Waals surface area (Å²) >= 11 is 0. The lowest BCUT2D eigenvalue weighted by atomic mass is 9.82. The van der Waals surface area contributed by atoms with Crippen LogP contribution in [0.2, 0.25) is 0 Å².